The largest absolute Gasteiger partial charge is 0.394 e. The Balaban J connectivity index is 2.48. The van der Waals surface area contributed by atoms with Crippen molar-refractivity contribution in [2.24, 2.45) is 0 Å². The van der Waals surface area contributed by atoms with Gasteiger partial charge in [0.25, 0.3) is 0 Å². The van der Waals surface area contributed by atoms with E-state index in [1.807, 2.05) is 0 Å². The number of alkyl halides is 3. The molecule has 0 radical (unpaired) electrons. The Kier molecular flexibility index (Phi) is 3.45. The molecule has 0 bridgehead atoms. The van der Waals surface area contributed by atoms with Crippen molar-refractivity contribution in [1.82, 2.24) is 9.55 Å². The highest BCUT2D eigenvalue weighted by atomic mass is 35.5. The first-order valence-electron chi connectivity index (χ1n) is 5.11. The summed E-state index contributed by atoms with van der Waals surface area (Å²) in [4.78, 5) is 14.7. The van der Waals surface area contributed by atoms with Crippen LogP contribution in [0.1, 0.15) is 6.23 Å². The Hall–Kier alpha value is -1.32. The van der Waals surface area contributed by atoms with Gasteiger partial charge in [0.15, 0.2) is 6.17 Å². The van der Waals surface area contributed by atoms with Crippen molar-refractivity contribution >= 4 is 17.4 Å². The molecule has 3 N–H and O–H groups in total. The maximum absolute atomic E-state index is 13.7. The van der Waals surface area contributed by atoms with E-state index < -0.39 is 36.7 Å². The van der Waals surface area contributed by atoms with Gasteiger partial charge in [0.1, 0.15) is 11.9 Å². The second kappa shape index (κ2) is 4.66. The summed E-state index contributed by atoms with van der Waals surface area (Å²) in [5, 5.41) is 8.51. The van der Waals surface area contributed by atoms with Crippen molar-refractivity contribution in [3.05, 3.63) is 21.7 Å². The minimum absolute atomic E-state index is 0.248. The number of aromatic nitrogens is 2. The van der Waals surface area contributed by atoms with E-state index in [9.17, 15) is 18.0 Å². The first-order valence-corrected chi connectivity index (χ1v) is 5.49. The lowest BCUT2D eigenvalue weighted by molar-refractivity contribution is -0.130. The average molecular weight is 300 g/mol. The summed E-state index contributed by atoms with van der Waals surface area (Å²) in [6, 6.07) is 0. The fourth-order valence-electron chi connectivity index (χ4n) is 1.72. The van der Waals surface area contributed by atoms with Crippen LogP contribution in [0, 0.1) is 0 Å². The zero-order valence-corrected chi connectivity index (χ0v) is 10.0. The molecule has 0 aliphatic carbocycles. The fourth-order valence-corrected chi connectivity index (χ4v) is 1.87. The molecule has 6 nitrogen and oxygen atoms in total. The van der Waals surface area contributed by atoms with Gasteiger partial charge in [-0.05, 0) is 0 Å². The average Bonchev–Trinajstić information content (AvgIpc) is 2.56. The molecule has 1 aromatic rings. The van der Waals surface area contributed by atoms with E-state index in [4.69, 9.17) is 22.4 Å². The van der Waals surface area contributed by atoms with Crippen LogP contribution in [0.15, 0.2) is 11.0 Å². The molecule has 0 saturated carbocycles. The lowest BCUT2D eigenvalue weighted by Crippen LogP contribution is -2.39. The Bertz CT molecular complexity index is 553. The Morgan fingerprint density at radius 1 is 1.63 bits per heavy atom. The van der Waals surface area contributed by atoms with E-state index in [-0.39, 0.29) is 10.8 Å². The lowest BCUT2D eigenvalue weighted by atomic mass is 10.1. The first kappa shape index (κ1) is 14.1. The maximum Gasteiger partial charge on any atom is 0.351 e. The van der Waals surface area contributed by atoms with E-state index in [0.717, 1.165) is 6.20 Å². The van der Waals surface area contributed by atoms with Crippen LogP contribution >= 0.6 is 11.6 Å². The van der Waals surface area contributed by atoms with E-state index >= 15 is 0 Å². The van der Waals surface area contributed by atoms with Crippen molar-refractivity contribution in [3.63, 3.8) is 0 Å². The second-order valence-electron chi connectivity index (χ2n) is 3.95. The van der Waals surface area contributed by atoms with E-state index in [1.165, 1.54) is 0 Å². The van der Waals surface area contributed by atoms with Crippen LogP contribution < -0.4 is 11.4 Å². The van der Waals surface area contributed by atoms with Gasteiger partial charge in [-0.2, -0.15) is 13.8 Å². The number of nitrogens with two attached hydrogens (primary N) is 1. The van der Waals surface area contributed by atoms with Crippen LogP contribution in [0.5, 0.6) is 0 Å². The highest BCUT2D eigenvalue weighted by molar-refractivity contribution is 6.32. The minimum Gasteiger partial charge on any atom is -0.394 e. The van der Waals surface area contributed by atoms with Gasteiger partial charge >= 0.3 is 11.6 Å². The van der Waals surface area contributed by atoms with Gasteiger partial charge in [-0.1, -0.05) is 11.6 Å². The number of aliphatic hydroxyl groups is 1. The smallest absolute Gasteiger partial charge is 0.351 e. The highest BCUT2D eigenvalue weighted by Gasteiger charge is 2.60. The molecule has 3 atom stereocenters. The summed E-state index contributed by atoms with van der Waals surface area (Å²) >= 11 is 5.57. The predicted molar refractivity (Wildman–Crippen MR) is 58.8 cm³/mol. The van der Waals surface area contributed by atoms with Crippen LogP contribution in [0.3, 0.4) is 0 Å². The van der Waals surface area contributed by atoms with E-state index in [1.54, 1.807) is 0 Å². The topological polar surface area (TPSA) is 90.4 Å². The van der Waals surface area contributed by atoms with Gasteiger partial charge < -0.3 is 15.6 Å². The monoisotopic (exact) mass is 299 g/mol. The van der Waals surface area contributed by atoms with Gasteiger partial charge in [0.05, 0.1) is 11.6 Å². The van der Waals surface area contributed by atoms with Crippen molar-refractivity contribution in [2.75, 3.05) is 12.3 Å². The molecule has 2 heterocycles. The molecule has 2 rings (SSSR count). The number of hydrogen-bond acceptors (Lipinski definition) is 5. The fraction of sp³-hybridized carbons (Fsp3) is 0.556. The lowest BCUT2D eigenvalue weighted by Gasteiger charge is -2.20. The third-order valence-electron chi connectivity index (χ3n) is 2.69. The maximum atomic E-state index is 13.7. The zero-order valence-electron chi connectivity index (χ0n) is 9.26. The quantitative estimate of drug-likeness (QED) is 0.822. The number of hydrogen-bond donors (Lipinski definition) is 2. The van der Waals surface area contributed by atoms with Crippen LogP contribution in [0.2, 0.25) is 5.02 Å². The molecule has 0 aromatic carbocycles. The molecule has 106 valence electrons. The van der Waals surface area contributed by atoms with Gasteiger partial charge in [-0.25, -0.2) is 9.18 Å². The number of rotatable bonds is 2. The van der Waals surface area contributed by atoms with Crippen LogP contribution in [-0.2, 0) is 4.74 Å². The molecule has 1 fully saturated rings. The number of ether oxygens (including phenoxy) is 1. The molecule has 1 aromatic heterocycles. The van der Waals surface area contributed by atoms with E-state index in [2.05, 4.69) is 9.72 Å². The second-order valence-corrected chi connectivity index (χ2v) is 4.36. The van der Waals surface area contributed by atoms with Crippen LogP contribution in [0.4, 0.5) is 19.0 Å². The van der Waals surface area contributed by atoms with Crippen LogP contribution in [0.25, 0.3) is 0 Å². The summed E-state index contributed by atoms with van der Waals surface area (Å²) in [6.07, 6.45) is -5.93. The van der Waals surface area contributed by atoms with Crippen molar-refractivity contribution in [3.8, 4) is 0 Å². The third-order valence-corrected chi connectivity index (χ3v) is 2.98. The Morgan fingerprint density at radius 2 is 2.26 bits per heavy atom. The summed E-state index contributed by atoms with van der Waals surface area (Å²) in [5.41, 5.74) is 4.08. The number of aliphatic hydroxyl groups excluding tert-OH is 1. The molecule has 1 aliphatic rings. The predicted octanol–water partition coefficient (Wildman–Crippen LogP) is 0.342. The summed E-state index contributed by atoms with van der Waals surface area (Å²) in [5.74, 6) is -4.34. The SMILES string of the molecule is Nc1nc(=O)n(C2OC(CO)C(F)C2(F)F)cc1Cl. The molecule has 3 unspecified atom stereocenters. The van der Waals surface area contributed by atoms with Gasteiger partial charge in [-0.15, -0.1) is 0 Å². The van der Waals surface area contributed by atoms with Gasteiger partial charge in [0, 0.05) is 6.20 Å². The summed E-state index contributed by atoms with van der Waals surface area (Å²) in [6.45, 7) is -0.946. The molecule has 19 heavy (non-hydrogen) atoms. The third kappa shape index (κ3) is 2.17. The molecular formula is C9H9ClF3N3O3. The molecular weight excluding hydrogens is 291 g/mol. The van der Waals surface area contributed by atoms with Gasteiger partial charge in [0.2, 0.25) is 6.23 Å². The number of anilines is 1. The Morgan fingerprint density at radius 3 is 2.79 bits per heavy atom. The van der Waals surface area contributed by atoms with Crippen molar-refractivity contribution < 1.29 is 23.0 Å². The Labute approximate surface area is 109 Å². The molecule has 0 amide bonds. The summed E-state index contributed by atoms with van der Waals surface area (Å²) < 4.78 is 45.7. The van der Waals surface area contributed by atoms with Gasteiger partial charge in [-0.3, -0.25) is 4.57 Å². The van der Waals surface area contributed by atoms with Crippen molar-refractivity contribution in [2.45, 2.75) is 24.4 Å². The first-order chi connectivity index (χ1) is 8.78. The van der Waals surface area contributed by atoms with Crippen molar-refractivity contribution in [1.29, 1.82) is 0 Å². The highest BCUT2D eigenvalue weighted by Crippen LogP contribution is 2.44. The molecule has 0 spiro atoms. The molecule has 1 aliphatic heterocycles. The summed E-state index contributed by atoms with van der Waals surface area (Å²) in [7, 11) is 0. The number of halogens is 4. The number of nitrogens with zero attached hydrogens (tertiary/aromatic N) is 2. The normalized spacial score (nSPS) is 29.6. The molecule has 1 saturated heterocycles. The molecule has 10 heteroatoms. The zero-order chi connectivity index (χ0) is 14.4. The minimum atomic E-state index is -4.00. The van der Waals surface area contributed by atoms with Crippen LogP contribution in [-0.4, -0.2) is 39.5 Å². The number of nitrogen functional groups attached to an aromatic ring is 1. The van der Waals surface area contributed by atoms with E-state index in [0.29, 0.717) is 4.57 Å². The standard InChI is InChI=1S/C9H9ClF3N3O3/c10-3-1-16(8(18)15-6(3)14)7-9(12,13)5(11)4(2-17)19-7/h1,4-5,7,17H,2H2,(H2,14,15,18).